The van der Waals surface area contributed by atoms with E-state index in [1.54, 1.807) is 24.3 Å². The summed E-state index contributed by atoms with van der Waals surface area (Å²) in [5.74, 6) is 0.601. The van der Waals surface area contributed by atoms with Gasteiger partial charge in [-0.25, -0.2) is 8.42 Å². The average Bonchev–Trinajstić information content (AvgIpc) is 2.49. The lowest BCUT2D eigenvalue weighted by molar-refractivity contribution is 0.402. The summed E-state index contributed by atoms with van der Waals surface area (Å²) in [6.45, 7) is 5.30. The minimum atomic E-state index is -3.26. The minimum Gasteiger partial charge on any atom is -0.495 e. The second-order valence-electron chi connectivity index (χ2n) is 5.32. The standard InChI is InChI=1S/C16H27NO3S/c1-4-12-17-14(2)9-7-8-13-21(18,19)16-11-6-5-10-15(16)20-3/h5-6,10-11,14,17H,4,7-9,12-13H2,1-3H3. The van der Waals surface area contributed by atoms with Gasteiger partial charge in [0, 0.05) is 6.04 Å². The van der Waals surface area contributed by atoms with Crippen molar-refractivity contribution < 1.29 is 13.2 Å². The summed E-state index contributed by atoms with van der Waals surface area (Å²) in [6, 6.07) is 7.24. The van der Waals surface area contributed by atoms with Crippen molar-refractivity contribution in [2.45, 2.75) is 50.5 Å². The lowest BCUT2D eigenvalue weighted by atomic mass is 10.1. The summed E-state index contributed by atoms with van der Waals surface area (Å²) in [4.78, 5) is 0.296. The predicted octanol–water partition coefficient (Wildman–Crippen LogP) is 3.03. The van der Waals surface area contributed by atoms with Crippen LogP contribution in [-0.2, 0) is 9.84 Å². The molecule has 1 rings (SSSR count). The van der Waals surface area contributed by atoms with E-state index in [0.717, 1.165) is 25.8 Å². The van der Waals surface area contributed by atoms with Gasteiger partial charge < -0.3 is 10.1 Å². The van der Waals surface area contributed by atoms with Crippen molar-refractivity contribution in [3.8, 4) is 5.75 Å². The van der Waals surface area contributed by atoms with E-state index in [2.05, 4.69) is 19.2 Å². The molecule has 0 spiro atoms. The molecule has 0 amide bonds. The molecule has 1 aromatic carbocycles. The number of ether oxygens (including phenoxy) is 1. The maximum atomic E-state index is 12.3. The van der Waals surface area contributed by atoms with Crippen LogP contribution in [-0.4, -0.2) is 33.9 Å². The van der Waals surface area contributed by atoms with Gasteiger partial charge in [0.05, 0.1) is 12.9 Å². The highest BCUT2D eigenvalue weighted by atomic mass is 32.2. The third-order valence-electron chi connectivity index (χ3n) is 3.45. The first kappa shape index (κ1) is 18.0. The van der Waals surface area contributed by atoms with Crippen LogP contribution in [0, 0.1) is 0 Å². The fourth-order valence-electron chi connectivity index (χ4n) is 2.22. The Kier molecular flexibility index (Phi) is 7.75. The van der Waals surface area contributed by atoms with E-state index in [1.807, 2.05) is 0 Å². The van der Waals surface area contributed by atoms with Gasteiger partial charge in [0.15, 0.2) is 9.84 Å². The number of hydrogen-bond acceptors (Lipinski definition) is 4. The van der Waals surface area contributed by atoms with Crippen molar-refractivity contribution in [1.82, 2.24) is 5.32 Å². The molecule has 4 nitrogen and oxygen atoms in total. The largest absolute Gasteiger partial charge is 0.495 e. The molecule has 1 N–H and O–H groups in total. The summed E-state index contributed by atoms with van der Waals surface area (Å²) >= 11 is 0. The van der Waals surface area contributed by atoms with Crippen LogP contribution in [0.15, 0.2) is 29.2 Å². The van der Waals surface area contributed by atoms with Gasteiger partial charge in [-0.15, -0.1) is 0 Å². The van der Waals surface area contributed by atoms with Crippen molar-refractivity contribution in [2.24, 2.45) is 0 Å². The van der Waals surface area contributed by atoms with Crippen LogP contribution in [0.1, 0.15) is 39.5 Å². The highest BCUT2D eigenvalue weighted by Gasteiger charge is 2.18. The third-order valence-corrected chi connectivity index (χ3v) is 5.28. The van der Waals surface area contributed by atoms with E-state index < -0.39 is 9.84 Å². The van der Waals surface area contributed by atoms with Crippen LogP contribution in [0.5, 0.6) is 5.75 Å². The molecule has 0 saturated heterocycles. The Balaban J connectivity index is 2.47. The molecule has 0 saturated carbocycles. The topological polar surface area (TPSA) is 55.4 Å². The number of sulfone groups is 1. The molecule has 5 heteroatoms. The monoisotopic (exact) mass is 313 g/mol. The molecule has 0 radical (unpaired) electrons. The summed E-state index contributed by atoms with van der Waals surface area (Å²) < 4.78 is 29.8. The smallest absolute Gasteiger partial charge is 0.182 e. The molecule has 1 aromatic rings. The molecule has 21 heavy (non-hydrogen) atoms. The number of para-hydroxylation sites is 1. The molecule has 0 aliphatic carbocycles. The third kappa shape index (κ3) is 6.06. The number of nitrogens with one attached hydrogen (secondary N) is 1. The molecule has 0 aromatic heterocycles. The normalized spacial score (nSPS) is 13.1. The van der Waals surface area contributed by atoms with Crippen LogP contribution >= 0.6 is 0 Å². The lowest BCUT2D eigenvalue weighted by Gasteiger charge is -2.13. The van der Waals surface area contributed by atoms with Crippen molar-refractivity contribution >= 4 is 9.84 Å². The molecule has 0 fully saturated rings. The van der Waals surface area contributed by atoms with Gasteiger partial charge in [-0.3, -0.25) is 0 Å². The minimum absolute atomic E-state index is 0.174. The highest BCUT2D eigenvalue weighted by molar-refractivity contribution is 7.91. The molecule has 120 valence electrons. The highest BCUT2D eigenvalue weighted by Crippen LogP contribution is 2.24. The number of methoxy groups -OCH3 is 1. The number of rotatable bonds is 10. The number of benzene rings is 1. The van der Waals surface area contributed by atoms with Crippen LogP contribution in [0.3, 0.4) is 0 Å². The summed E-state index contributed by atoms with van der Waals surface area (Å²) in [5, 5.41) is 3.41. The average molecular weight is 313 g/mol. The van der Waals surface area contributed by atoms with Crippen molar-refractivity contribution in [3.63, 3.8) is 0 Å². The quantitative estimate of drug-likeness (QED) is 0.675. The summed E-state index contributed by atoms with van der Waals surface area (Å²) in [6.07, 6.45) is 3.71. The maximum absolute atomic E-state index is 12.3. The van der Waals surface area contributed by atoms with Crippen molar-refractivity contribution in [1.29, 1.82) is 0 Å². The van der Waals surface area contributed by atoms with Gasteiger partial charge in [0.25, 0.3) is 0 Å². The lowest BCUT2D eigenvalue weighted by Crippen LogP contribution is -2.26. The Hall–Kier alpha value is -1.07. The first-order valence-electron chi connectivity index (χ1n) is 7.60. The van der Waals surface area contributed by atoms with Gasteiger partial charge in [-0.1, -0.05) is 25.5 Å². The zero-order valence-electron chi connectivity index (χ0n) is 13.3. The Bertz CT molecular complexity index is 514. The molecular formula is C16H27NO3S. The fraction of sp³-hybridized carbons (Fsp3) is 0.625. The molecular weight excluding hydrogens is 286 g/mol. The number of hydrogen-bond donors (Lipinski definition) is 1. The zero-order chi connectivity index (χ0) is 15.7. The van der Waals surface area contributed by atoms with Gasteiger partial charge in [-0.05, 0) is 44.9 Å². The Labute approximate surface area is 128 Å². The van der Waals surface area contributed by atoms with E-state index in [4.69, 9.17) is 4.74 Å². The molecule has 1 unspecified atom stereocenters. The van der Waals surface area contributed by atoms with Crippen LogP contribution in [0.4, 0.5) is 0 Å². The molecule has 0 bridgehead atoms. The van der Waals surface area contributed by atoms with Crippen LogP contribution in [0.25, 0.3) is 0 Å². The van der Waals surface area contributed by atoms with E-state index in [0.29, 0.717) is 23.1 Å². The molecule has 0 heterocycles. The van der Waals surface area contributed by atoms with E-state index in [9.17, 15) is 8.42 Å². The van der Waals surface area contributed by atoms with Gasteiger partial charge in [0.2, 0.25) is 0 Å². The fourth-order valence-corrected chi connectivity index (χ4v) is 3.77. The first-order valence-corrected chi connectivity index (χ1v) is 9.25. The first-order chi connectivity index (χ1) is 10.0. The zero-order valence-corrected chi connectivity index (χ0v) is 14.1. The van der Waals surface area contributed by atoms with E-state index in [-0.39, 0.29) is 5.75 Å². The van der Waals surface area contributed by atoms with Gasteiger partial charge in [-0.2, -0.15) is 0 Å². The maximum Gasteiger partial charge on any atom is 0.182 e. The molecule has 1 atom stereocenters. The number of unbranched alkanes of at least 4 members (excludes halogenated alkanes) is 1. The SMILES string of the molecule is CCCNC(C)CCCCS(=O)(=O)c1ccccc1OC. The van der Waals surface area contributed by atoms with Gasteiger partial charge >= 0.3 is 0 Å². The second kappa shape index (κ2) is 9.05. The Morgan fingerprint density at radius 2 is 1.95 bits per heavy atom. The van der Waals surface area contributed by atoms with Gasteiger partial charge in [0.1, 0.15) is 10.6 Å². The second-order valence-corrected chi connectivity index (χ2v) is 7.40. The Morgan fingerprint density at radius 3 is 2.62 bits per heavy atom. The van der Waals surface area contributed by atoms with Crippen molar-refractivity contribution in [2.75, 3.05) is 19.4 Å². The summed E-state index contributed by atoms with van der Waals surface area (Å²) in [5.41, 5.74) is 0. The molecule has 0 aliphatic rings. The molecule has 0 aliphatic heterocycles. The Morgan fingerprint density at radius 1 is 1.24 bits per heavy atom. The van der Waals surface area contributed by atoms with E-state index >= 15 is 0 Å². The van der Waals surface area contributed by atoms with E-state index in [1.165, 1.54) is 7.11 Å². The predicted molar refractivity (Wildman–Crippen MR) is 86.7 cm³/mol. The van der Waals surface area contributed by atoms with Crippen LogP contribution in [0.2, 0.25) is 0 Å². The summed E-state index contributed by atoms with van der Waals surface area (Å²) in [7, 11) is -1.77. The van der Waals surface area contributed by atoms with Crippen molar-refractivity contribution in [3.05, 3.63) is 24.3 Å². The van der Waals surface area contributed by atoms with Crippen LogP contribution < -0.4 is 10.1 Å².